The van der Waals surface area contributed by atoms with E-state index in [0.29, 0.717) is 5.88 Å². The highest BCUT2D eigenvalue weighted by atomic mass is 16.5. The third-order valence-electron chi connectivity index (χ3n) is 3.82. The number of nitrogens with two attached hydrogens (primary N) is 1. The van der Waals surface area contributed by atoms with Gasteiger partial charge in [0.1, 0.15) is 0 Å². The van der Waals surface area contributed by atoms with E-state index < -0.39 is 0 Å². The number of ether oxygens (including phenoxy) is 1. The quantitative estimate of drug-likeness (QED) is 0.868. The van der Waals surface area contributed by atoms with E-state index in [-0.39, 0.29) is 0 Å². The van der Waals surface area contributed by atoms with Crippen molar-refractivity contribution in [2.24, 2.45) is 0 Å². The molecule has 2 N–H and O–H groups in total. The van der Waals surface area contributed by atoms with Crippen LogP contribution in [0.25, 0.3) is 0 Å². The molecule has 1 aliphatic heterocycles. The Hall–Kier alpha value is -2.07. The molecule has 1 aromatic carbocycles. The number of benzene rings is 1. The van der Waals surface area contributed by atoms with Gasteiger partial charge in [-0.25, -0.2) is 4.98 Å². The summed E-state index contributed by atoms with van der Waals surface area (Å²) in [7, 11) is 1.66. The van der Waals surface area contributed by atoms with Gasteiger partial charge in [0.25, 0.3) is 0 Å². The van der Waals surface area contributed by atoms with Crippen LogP contribution < -0.4 is 10.5 Å². The Morgan fingerprint density at radius 2 is 2.20 bits per heavy atom. The molecule has 4 heteroatoms. The van der Waals surface area contributed by atoms with Crippen molar-refractivity contribution in [2.75, 3.05) is 19.4 Å². The Morgan fingerprint density at radius 3 is 3.05 bits per heavy atom. The molecular formula is C16H19N3O. The van der Waals surface area contributed by atoms with Crippen LogP contribution in [0, 0.1) is 0 Å². The van der Waals surface area contributed by atoms with Crippen LogP contribution in [-0.2, 0) is 19.5 Å². The zero-order chi connectivity index (χ0) is 13.9. The maximum atomic E-state index is 6.04. The third kappa shape index (κ3) is 2.47. The average molecular weight is 269 g/mol. The zero-order valence-corrected chi connectivity index (χ0v) is 11.7. The molecule has 2 heterocycles. The van der Waals surface area contributed by atoms with Gasteiger partial charge in [0, 0.05) is 37.1 Å². The van der Waals surface area contributed by atoms with E-state index in [1.54, 1.807) is 13.3 Å². The molecule has 1 aromatic heterocycles. The summed E-state index contributed by atoms with van der Waals surface area (Å²) in [6, 6.07) is 10.2. The molecule has 0 fully saturated rings. The average Bonchev–Trinajstić information content (AvgIpc) is 2.48. The number of anilines is 1. The first-order chi connectivity index (χ1) is 9.78. The van der Waals surface area contributed by atoms with Gasteiger partial charge >= 0.3 is 0 Å². The predicted molar refractivity (Wildman–Crippen MR) is 79.5 cm³/mol. The molecule has 0 bridgehead atoms. The highest BCUT2D eigenvalue weighted by molar-refractivity contribution is 5.51. The number of nitrogens with zero attached hydrogens (tertiary/aromatic N) is 2. The lowest BCUT2D eigenvalue weighted by Crippen LogP contribution is -2.30. The van der Waals surface area contributed by atoms with Gasteiger partial charge in [0.05, 0.1) is 7.11 Å². The summed E-state index contributed by atoms with van der Waals surface area (Å²) in [5.74, 6) is 0.714. The van der Waals surface area contributed by atoms with Gasteiger partial charge in [-0.1, -0.05) is 18.2 Å². The molecule has 4 nitrogen and oxygen atoms in total. The number of hydrogen-bond donors (Lipinski definition) is 1. The smallest absolute Gasteiger partial charge is 0.217 e. The lowest BCUT2D eigenvalue weighted by atomic mass is 9.98. The molecule has 2 aromatic rings. The van der Waals surface area contributed by atoms with Crippen molar-refractivity contribution in [1.82, 2.24) is 9.88 Å². The van der Waals surface area contributed by atoms with Crippen LogP contribution >= 0.6 is 0 Å². The van der Waals surface area contributed by atoms with Crippen LogP contribution in [0.15, 0.2) is 36.5 Å². The number of fused-ring (bicyclic) bond motifs is 1. The zero-order valence-electron chi connectivity index (χ0n) is 11.7. The van der Waals surface area contributed by atoms with Crippen LogP contribution in [0.5, 0.6) is 5.88 Å². The van der Waals surface area contributed by atoms with Gasteiger partial charge in [0.15, 0.2) is 0 Å². The molecule has 0 amide bonds. The second-order valence-corrected chi connectivity index (χ2v) is 5.12. The summed E-state index contributed by atoms with van der Waals surface area (Å²) in [6.45, 7) is 2.79. The van der Waals surface area contributed by atoms with Crippen LogP contribution in [0.3, 0.4) is 0 Å². The molecule has 0 spiro atoms. The van der Waals surface area contributed by atoms with Crippen LogP contribution in [0.4, 0.5) is 5.69 Å². The minimum Gasteiger partial charge on any atom is -0.481 e. The molecule has 0 unspecified atom stereocenters. The van der Waals surface area contributed by atoms with E-state index in [1.165, 1.54) is 11.1 Å². The number of nitrogen functional groups attached to an aromatic ring is 1. The maximum Gasteiger partial charge on any atom is 0.217 e. The Morgan fingerprint density at radius 1 is 1.30 bits per heavy atom. The molecule has 0 saturated carbocycles. The molecule has 0 aliphatic carbocycles. The Kier molecular flexibility index (Phi) is 3.56. The van der Waals surface area contributed by atoms with Crippen molar-refractivity contribution in [1.29, 1.82) is 0 Å². The minimum atomic E-state index is 0.714. The Balaban J connectivity index is 1.78. The summed E-state index contributed by atoms with van der Waals surface area (Å²) >= 11 is 0. The monoisotopic (exact) mass is 269 g/mol. The first-order valence-corrected chi connectivity index (χ1v) is 6.84. The number of hydrogen-bond acceptors (Lipinski definition) is 4. The Labute approximate surface area is 119 Å². The van der Waals surface area contributed by atoms with Crippen molar-refractivity contribution in [3.63, 3.8) is 0 Å². The fraction of sp³-hybridized carbons (Fsp3) is 0.312. The molecule has 20 heavy (non-hydrogen) atoms. The summed E-state index contributed by atoms with van der Waals surface area (Å²) in [5.41, 5.74) is 10.7. The summed E-state index contributed by atoms with van der Waals surface area (Å²) in [4.78, 5) is 6.66. The normalized spacial score (nSPS) is 14.8. The third-order valence-corrected chi connectivity index (χ3v) is 3.82. The van der Waals surface area contributed by atoms with E-state index in [0.717, 1.165) is 37.3 Å². The van der Waals surface area contributed by atoms with Crippen molar-refractivity contribution < 1.29 is 4.74 Å². The highest BCUT2D eigenvalue weighted by Crippen LogP contribution is 2.26. The molecule has 3 rings (SSSR count). The van der Waals surface area contributed by atoms with E-state index in [4.69, 9.17) is 10.5 Å². The van der Waals surface area contributed by atoms with E-state index in [1.807, 2.05) is 18.2 Å². The van der Waals surface area contributed by atoms with Crippen molar-refractivity contribution in [3.05, 3.63) is 53.2 Å². The number of aromatic nitrogens is 1. The van der Waals surface area contributed by atoms with Gasteiger partial charge in [-0.3, -0.25) is 4.90 Å². The summed E-state index contributed by atoms with van der Waals surface area (Å²) < 4.78 is 5.32. The van der Waals surface area contributed by atoms with Crippen molar-refractivity contribution in [3.8, 4) is 5.88 Å². The molecule has 0 radical (unpaired) electrons. The fourth-order valence-corrected chi connectivity index (χ4v) is 2.80. The highest BCUT2D eigenvalue weighted by Gasteiger charge is 2.19. The van der Waals surface area contributed by atoms with Crippen molar-refractivity contribution in [2.45, 2.75) is 19.5 Å². The molecule has 0 atom stereocenters. The number of rotatable bonds is 3. The lowest BCUT2D eigenvalue weighted by Gasteiger charge is -2.29. The maximum absolute atomic E-state index is 6.04. The minimum absolute atomic E-state index is 0.714. The second-order valence-electron chi connectivity index (χ2n) is 5.12. The van der Waals surface area contributed by atoms with E-state index in [9.17, 15) is 0 Å². The second kappa shape index (κ2) is 5.51. The summed E-state index contributed by atoms with van der Waals surface area (Å²) in [5, 5.41) is 0. The van der Waals surface area contributed by atoms with Gasteiger partial charge < -0.3 is 10.5 Å². The Bertz CT molecular complexity index is 612. The molecular weight excluding hydrogens is 250 g/mol. The summed E-state index contributed by atoms with van der Waals surface area (Å²) in [6.07, 6.45) is 2.76. The SMILES string of the molecule is COc1ncccc1CN1CCc2c(N)cccc2C1. The largest absolute Gasteiger partial charge is 0.481 e. The standard InChI is InChI=1S/C16H19N3O/c1-20-16-13(5-3-8-18-16)11-19-9-7-14-12(10-19)4-2-6-15(14)17/h2-6,8H,7,9-11,17H2,1H3. The predicted octanol–water partition coefficient (Wildman–Crippen LogP) is 2.23. The van der Waals surface area contributed by atoms with Gasteiger partial charge in [0.2, 0.25) is 5.88 Å². The molecule has 0 saturated heterocycles. The van der Waals surface area contributed by atoms with Crippen LogP contribution in [0.2, 0.25) is 0 Å². The van der Waals surface area contributed by atoms with E-state index in [2.05, 4.69) is 22.0 Å². The van der Waals surface area contributed by atoms with E-state index >= 15 is 0 Å². The van der Waals surface area contributed by atoms with Gasteiger partial charge in [-0.2, -0.15) is 0 Å². The molecule has 1 aliphatic rings. The topological polar surface area (TPSA) is 51.4 Å². The lowest BCUT2D eigenvalue weighted by molar-refractivity contribution is 0.241. The van der Waals surface area contributed by atoms with Gasteiger partial charge in [-0.15, -0.1) is 0 Å². The fourth-order valence-electron chi connectivity index (χ4n) is 2.80. The number of pyridine rings is 1. The first kappa shape index (κ1) is 12.9. The number of methoxy groups -OCH3 is 1. The van der Waals surface area contributed by atoms with Crippen LogP contribution in [-0.4, -0.2) is 23.5 Å². The molecule has 104 valence electrons. The van der Waals surface area contributed by atoms with Crippen LogP contribution in [0.1, 0.15) is 16.7 Å². The van der Waals surface area contributed by atoms with Crippen molar-refractivity contribution >= 4 is 5.69 Å². The van der Waals surface area contributed by atoms with Gasteiger partial charge in [-0.05, 0) is 29.7 Å². The first-order valence-electron chi connectivity index (χ1n) is 6.84.